The molecule has 0 unspecified atom stereocenters. The number of ether oxygens (including phenoxy) is 1. The Bertz CT molecular complexity index is 677. The maximum atomic E-state index is 11.8. The molecule has 0 spiro atoms. The highest BCUT2D eigenvalue weighted by Crippen LogP contribution is 2.37. The average molecular weight is 281 g/mol. The fourth-order valence-electron chi connectivity index (χ4n) is 2.66. The summed E-state index contributed by atoms with van der Waals surface area (Å²) >= 11 is 0. The first-order chi connectivity index (χ1) is 10.1. The van der Waals surface area contributed by atoms with E-state index in [0.29, 0.717) is 0 Å². The number of rotatable bonds is 4. The fourth-order valence-corrected chi connectivity index (χ4v) is 2.66. The predicted octanol–water partition coefficient (Wildman–Crippen LogP) is 3.62. The van der Waals surface area contributed by atoms with E-state index in [9.17, 15) is 4.79 Å². The lowest BCUT2D eigenvalue weighted by Gasteiger charge is -2.09. The van der Waals surface area contributed by atoms with Crippen molar-refractivity contribution in [2.24, 2.45) is 0 Å². The molecule has 0 radical (unpaired) electrons. The highest BCUT2D eigenvalue weighted by atomic mass is 16.5. The molecule has 0 fully saturated rings. The van der Waals surface area contributed by atoms with Gasteiger partial charge in [-0.3, -0.25) is 4.79 Å². The molecule has 0 heterocycles. The van der Waals surface area contributed by atoms with Crippen LogP contribution in [-0.2, 0) is 16.0 Å². The minimum absolute atomic E-state index is 0.0604. The third-order valence-electron chi connectivity index (χ3n) is 3.63. The van der Waals surface area contributed by atoms with E-state index in [1.54, 1.807) is 0 Å². The molecule has 0 aliphatic heterocycles. The topological polar surface area (TPSA) is 38.3 Å². The van der Waals surface area contributed by atoms with Gasteiger partial charge in [0.25, 0.3) is 0 Å². The van der Waals surface area contributed by atoms with E-state index in [-0.39, 0.29) is 18.6 Å². The van der Waals surface area contributed by atoms with Crippen LogP contribution in [0.5, 0.6) is 0 Å². The quantitative estimate of drug-likeness (QED) is 0.793. The molecule has 1 aliphatic carbocycles. The molecule has 2 aromatic rings. The molecule has 0 saturated heterocycles. The minimum atomic E-state index is -0.112. The monoisotopic (exact) mass is 281 g/mol. The summed E-state index contributed by atoms with van der Waals surface area (Å²) in [6.07, 6.45) is 0.989. The van der Waals surface area contributed by atoms with Gasteiger partial charge in [-0.25, -0.2) is 0 Å². The lowest BCUT2D eigenvalue weighted by molar-refractivity contribution is -0.121. The van der Waals surface area contributed by atoms with Gasteiger partial charge in [-0.05, 0) is 54.7 Å². The lowest BCUT2D eigenvalue weighted by atomic mass is 10.1. The Morgan fingerprint density at radius 2 is 1.90 bits per heavy atom. The number of anilines is 1. The summed E-state index contributed by atoms with van der Waals surface area (Å²) in [7, 11) is 0. The Hall–Kier alpha value is -2.13. The summed E-state index contributed by atoms with van der Waals surface area (Å²) in [6, 6.07) is 14.5. The van der Waals surface area contributed by atoms with Gasteiger partial charge in [-0.2, -0.15) is 0 Å². The van der Waals surface area contributed by atoms with E-state index in [1.165, 1.54) is 22.3 Å². The van der Waals surface area contributed by atoms with Crippen molar-refractivity contribution in [3.05, 3.63) is 53.6 Å². The molecule has 3 nitrogen and oxygen atoms in total. The zero-order chi connectivity index (χ0) is 14.8. The van der Waals surface area contributed by atoms with Gasteiger partial charge >= 0.3 is 0 Å². The van der Waals surface area contributed by atoms with E-state index >= 15 is 0 Å². The Kier molecular flexibility index (Phi) is 3.76. The van der Waals surface area contributed by atoms with Crippen LogP contribution >= 0.6 is 0 Å². The van der Waals surface area contributed by atoms with Crippen molar-refractivity contribution in [1.29, 1.82) is 0 Å². The van der Waals surface area contributed by atoms with Crippen molar-refractivity contribution < 1.29 is 9.53 Å². The van der Waals surface area contributed by atoms with E-state index in [4.69, 9.17) is 4.74 Å². The van der Waals surface area contributed by atoms with Crippen molar-refractivity contribution in [3.8, 4) is 11.1 Å². The third-order valence-corrected chi connectivity index (χ3v) is 3.63. The first-order valence-electron chi connectivity index (χ1n) is 7.26. The zero-order valence-corrected chi connectivity index (χ0v) is 12.3. The third kappa shape index (κ3) is 2.98. The van der Waals surface area contributed by atoms with Gasteiger partial charge in [0, 0.05) is 5.69 Å². The summed E-state index contributed by atoms with van der Waals surface area (Å²) in [6.45, 7) is 3.93. The molecular formula is C18H19NO2. The molecule has 3 heteroatoms. The maximum absolute atomic E-state index is 11.8. The second-order valence-corrected chi connectivity index (χ2v) is 5.61. The van der Waals surface area contributed by atoms with Crippen molar-refractivity contribution >= 4 is 11.6 Å². The number of benzene rings is 2. The Balaban J connectivity index is 1.74. The van der Waals surface area contributed by atoms with Crippen LogP contribution in [0.25, 0.3) is 11.1 Å². The van der Waals surface area contributed by atoms with Crippen LogP contribution in [0.2, 0.25) is 0 Å². The summed E-state index contributed by atoms with van der Waals surface area (Å²) in [5.41, 5.74) is 6.01. The number of carbonyl (C=O) groups excluding carboxylic acids is 1. The number of hydrogen-bond donors (Lipinski definition) is 1. The molecule has 3 rings (SSSR count). The van der Waals surface area contributed by atoms with Gasteiger partial charge < -0.3 is 10.1 Å². The van der Waals surface area contributed by atoms with E-state index in [2.05, 4.69) is 41.7 Å². The maximum Gasteiger partial charge on any atom is 0.250 e. The van der Waals surface area contributed by atoms with Gasteiger partial charge in [-0.15, -0.1) is 0 Å². The van der Waals surface area contributed by atoms with Crippen molar-refractivity contribution in [2.75, 3.05) is 11.9 Å². The highest BCUT2D eigenvalue weighted by molar-refractivity contribution is 5.92. The molecule has 0 bridgehead atoms. The number of hydrogen-bond acceptors (Lipinski definition) is 2. The second-order valence-electron chi connectivity index (χ2n) is 5.61. The van der Waals surface area contributed by atoms with Crippen LogP contribution in [0.1, 0.15) is 25.0 Å². The second kappa shape index (κ2) is 5.70. The van der Waals surface area contributed by atoms with Crippen LogP contribution in [0.4, 0.5) is 5.69 Å². The van der Waals surface area contributed by atoms with Crippen molar-refractivity contribution in [2.45, 2.75) is 26.4 Å². The molecular weight excluding hydrogens is 262 g/mol. The first kappa shape index (κ1) is 13.8. The summed E-state index contributed by atoms with van der Waals surface area (Å²) in [5.74, 6) is -0.112. The van der Waals surface area contributed by atoms with E-state index < -0.39 is 0 Å². The van der Waals surface area contributed by atoms with Gasteiger partial charge in [-0.1, -0.05) is 30.3 Å². The van der Waals surface area contributed by atoms with Gasteiger partial charge in [0.15, 0.2) is 0 Å². The number of fused-ring (bicyclic) bond motifs is 3. The van der Waals surface area contributed by atoms with Crippen LogP contribution < -0.4 is 5.32 Å². The minimum Gasteiger partial charge on any atom is -0.369 e. The molecule has 0 aromatic heterocycles. The standard InChI is InChI=1S/C18H19NO2/c1-12(2)21-11-18(20)19-15-7-8-17-14(10-15)9-13-5-3-4-6-16(13)17/h3-8,10,12H,9,11H2,1-2H3,(H,19,20). The molecule has 108 valence electrons. The molecule has 2 aromatic carbocycles. The molecule has 0 atom stereocenters. The SMILES string of the molecule is CC(C)OCC(=O)Nc1ccc2c(c1)Cc1ccccc1-2. The molecule has 21 heavy (non-hydrogen) atoms. The molecule has 1 aliphatic rings. The predicted molar refractivity (Wildman–Crippen MR) is 84.4 cm³/mol. The van der Waals surface area contributed by atoms with Crippen molar-refractivity contribution in [1.82, 2.24) is 0 Å². The van der Waals surface area contributed by atoms with Crippen LogP contribution in [0.3, 0.4) is 0 Å². The highest BCUT2D eigenvalue weighted by Gasteiger charge is 2.18. The summed E-state index contributed by atoms with van der Waals surface area (Å²) < 4.78 is 5.31. The van der Waals surface area contributed by atoms with E-state index in [0.717, 1.165) is 12.1 Å². The van der Waals surface area contributed by atoms with Crippen LogP contribution in [0.15, 0.2) is 42.5 Å². The number of amides is 1. The van der Waals surface area contributed by atoms with Gasteiger partial charge in [0.05, 0.1) is 6.10 Å². The zero-order valence-electron chi connectivity index (χ0n) is 12.3. The molecule has 1 N–H and O–H groups in total. The van der Waals surface area contributed by atoms with Crippen LogP contribution in [-0.4, -0.2) is 18.6 Å². The first-order valence-corrected chi connectivity index (χ1v) is 7.26. The normalized spacial score (nSPS) is 12.1. The van der Waals surface area contributed by atoms with E-state index in [1.807, 2.05) is 19.9 Å². The van der Waals surface area contributed by atoms with Crippen LogP contribution in [0, 0.1) is 0 Å². The smallest absolute Gasteiger partial charge is 0.250 e. The van der Waals surface area contributed by atoms with Gasteiger partial charge in [0.2, 0.25) is 5.91 Å². The fraction of sp³-hybridized carbons (Fsp3) is 0.278. The summed E-state index contributed by atoms with van der Waals surface area (Å²) in [5, 5.41) is 2.89. The Morgan fingerprint density at radius 1 is 1.14 bits per heavy atom. The number of carbonyl (C=O) groups is 1. The van der Waals surface area contributed by atoms with Gasteiger partial charge in [0.1, 0.15) is 6.61 Å². The Labute approximate surface area is 124 Å². The Morgan fingerprint density at radius 3 is 2.71 bits per heavy atom. The molecule has 1 amide bonds. The largest absolute Gasteiger partial charge is 0.369 e. The lowest BCUT2D eigenvalue weighted by Crippen LogP contribution is -2.20. The average Bonchev–Trinajstić information content (AvgIpc) is 2.82. The van der Waals surface area contributed by atoms with Crippen molar-refractivity contribution in [3.63, 3.8) is 0 Å². The molecule has 0 saturated carbocycles. The number of nitrogens with one attached hydrogen (secondary N) is 1. The summed E-state index contributed by atoms with van der Waals surface area (Å²) in [4.78, 5) is 11.8.